The Bertz CT molecular complexity index is 297. The molecule has 1 rings (SSSR count). The Balaban J connectivity index is 2.47. The fraction of sp³-hybridized carbons (Fsp3) is 0.455. The molecule has 1 aromatic carbocycles. The molecule has 0 aliphatic carbocycles. The summed E-state index contributed by atoms with van der Waals surface area (Å²) >= 11 is 5.99. The van der Waals surface area contributed by atoms with Crippen LogP contribution < -0.4 is 11.1 Å². The van der Waals surface area contributed by atoms with Gasteiger partial charge in [0.1, 0.15) is 0 Å². The smallest absolute Gasteiger partial charge is 0.0455 e. The molecular formula is C11H17ClN2. The SMILES string of the molecule is Cc1ccc(NCCC(C)N)cc1Cl. The van der Waals surface area contributed by atoms with Gasteiger partial charge in [0.15, 0.2) is 0 Å². The van der Waals surface area contributed by atoms with Gasteiger partial charge in [0.25, 0.3) is 0 Å². The zero-order chi connectivity index (χ0) is 10.6. The fourth-order valence-corrected chi connectivity index (χ4v) is 1.33. The molecule has 0 aliphatic rings. The molecule has 0 spiro atoms. The molecule has 0 heterocycles. The molecule has 0 saturated heterocycles. The van der Waals surface area contributed by atoms with Crippen molar-refractivity contribution in [3.8, 4) is 0 Å². The average molecular weight is 213 g/mol. The molecule has 3 N–H and O–H groups in total. The van der Waals surface area contributed by atoms with Crippen molar-refractivity contribution in [3.05, 3.63) is 28.8 Å². The van der Waals surface area contributed by atoms with E-state index in [9.17, 15) is 0 Å². The third-order valence-electron chi connectivity index (χ3n) is 2.10. The molecule has 3 heteroatoms. The Labute approximate surface area is 90.4 Å². The van der Waals surface area contributed by atoms with Crippen molar-refractivity contribution in [1.82, 2.24) is 0 Å². The van der Waals surface area contributed by atoms with Crippen LogP contribution in [0.15, 0.2) is 18.2 Å². The number of nitrogens with two attached hydrogens (primary N) is 1. The minimum absolute atomic E-state index is 0.239. The highest BCUT2D eigenvalue weighted by atomic mass is 35.5. The van der Waals surface area contributed by atoms with Gasteiger partial charge in [-0.25, -0.2) is 0 Å². The van der Waals surface area contributed by atoms with Crippen LogP contribution in [0.3, 0.4) is 0 Å². The van der Waals surface area contributed by atoms with Crippen molar-refractivity contribution in [3.63, 3.8) is 0 Å². The molecule has 78 valence electrons. The Kier molecular flexibility index (Phi) is 4.23. The summed E-state index contributed by atoms with van der Waals surface area (Å²) < 4.78 is 0. The van der Waals surface area contributed by atoms with Gasteiger partial charge in [-0.2, -0.15) is 0 Å². The van der Waals surface area contributed by atoms with Crippen LogP contribution in [-0.4, -0.2) is 12.6 Å². The van der Waals surface area contributed by atoms with Gasteiger partial charge in [0.2, 0.25) is 0 Å². The van der Waals surface area contributed by atoms with Crippen LogP contribution in [0.2, 0.25) is 5.02 Å². The van der Waals surface area contributed by atoms with Crippen LogP contribution >= 0.6 is 11.6 Å². The maximum Gasteiger partial charge on any atom is 0.0455 e. The lowest BCUT2D eigenvalue weighted by atomic mass is 10.2. The second-order valence-electron chi connectivity index (χ2n) is 3.66. The van der Waals surface area contributed by atoms with E-state index < -0.39 is 0 Å². The number of halogens is 1. The second-order valence-corrected chi connectivity index (χ2v) is 4.06. The van der Waals surface area contributed by atoms with Gasteiger partial charge in [-0.15, -0.1) is 0 Å². The van der Waals surface area contributed by atoms with E-state index in [2.05, 4.69) is 5.32 Å². The van der Waals surface area contributed by atoms with Crippen molar-refractivity contribution in [2.24, 2.45) is 5.73 Å². The second kappa shape index (κ2) is 5.23. The lowest BCUT2D eigenvalue weighted by molar-refractivity contribution is 0.690. The Morgan fingerprint density at radius 1 is 1.50 bits per heavy atom. The monoisotopic (exact) mass is 212 g/mol. The normalized spacial score (nSPS) is 12.6. The third-order valence-corrected chi connectivity index (χ3v) is 2.51. The first-order valence-electron chi connectivity index (χ1n) is 4.85. The molecule has 1 unspecified atom stereocenters. The van der Waals surface area contributed by atoms with Crippen LogP contribution in [0.4, 0.5) is 5.69 Å². The van der Waals surface area contributed by atoms with Gasteiger partial charge in [0.05, 0.1) is 0 Å². The molecule has 0 radical (unpaired) electrons. The highest BCUT2D eigenvalue weighted by Gasteiger charge is 1.98. The van der Waals surface area contributed by atoms with Crippen LogP contribution in [0.5, 0.6) is 0 Å². The molecule has 0 aromatic heterocycles. The number of benzene rings is 1. The van der Waals surface area contributed by atoms with E-state index in [1.165, 1.54) is 0 Å². The molecule has 0 fully saturated rings. The van der Waals surface area contributed by atoms with Gasteiger partial charge < -0.3 is 11.1 Å². The Hall–Kier alpha value is -0.730. The minimum atomic E-state index is 0.239. The van der Waals surface area contributed by atoms with Crippen molar-refractivity contribution in [1.29, 1.82) is 0 Å². The summed E-state index contributed by atoms with van der Waals surface area (Å²) in [5.74, 6) is 0. The van der Waals surface area contributed by atoms with E-state index in [1.807, 2.05) is 32.0 Å². The fourth-order valence-electron chi connectivity index (χ4n) is 1.15. The molecule has 0 amide bonds. The first-order valence-corrected chi connectivity index (χ1v) is 5.23. The zero-order valence-electron chi connectivity index (χ0n) is 8.68. The number of aryl methyl sites for hydroxylation is 1. The number of hydrogen-bond acceptors (Lipinski definition) is 2. The van der Waals surface area contributed by atoms with Crippen molar-refractivity contribution >= 4 is 17.3 Å². The third kappa shape index (κ3) is 3.56. The van der Waals surface area contributed by atoms with Gasteiger partial charge >= 0.3 is 0 Å². The van der Waals surface area contributed by atoms with Gasteiger partial charge in [0, 0.05) is 23.3 Å². The highest BCUT2D eigenvalue weighted by molar-refractivity contribution is 6.31. The van der Waals surface area contributed by atoms with Crippen LogP contribution in [0, 0.1) is 6.92 Å². The van der Waals surface area contributed by atoms with Crippen LogP contribution in [0.1, 0.15) is 18.9 Å². The number of hydrogen-bond donors (Lipinski definition) is 2. The van der Waals surface area contributed by atoms with Crippen molar-refractivity contribution < 1.29 is 0 Å². The minimum Gasteiger partial charge on any atom is -0.385 e. The lowest BCUT2D eigenvalue weighted by Crippen LogP contribution is -2.19. The topological polar surface area (TPSA) is 38.0 Å². The highest BCUT2D eigenvalue weighted by Crippen LogP contribution is 2.19. The van der Waals surface area contributed by atoms with E-state index in [0.29, 0.717) is 0 Å². The Morgan fingerprint density at radius 3 is 2.79 bits per heavy atom. The van der Waals surface area contributed by atoms with Gasteiger partial charge in [-0.1, -0.05) is 17.7 Å². The molecule has 0 bridgehead atoms. The average Bonchev–Trinajstić information content (AvgIpc) is 2.10. The van der Waals surface area contributed by atoms with Crippen molar-refractivity contribution in [2.45, 2.75) is 26.3 Å². The van der Waals surface area contributed by atoms with E-state index in [4.69, 9.17) is 17.3 Å². The standard InChI is InChI=1S/C11H17ClN2/c1-8-3-4-10(7-11(8)12)14-6-5-9(2)13/h3-4,7,9,14H,5-6,13H2,1-2H3. The van der Waals surface area contributed by atoms with E-state index in [1.54, 1.807) is 0 Å². The molecular weight excluding hydrogens is 196 g/mol. The Morgan fingerprint density at radius 2 is 2.21 bits per heavy atom. The first-order chi connectivity index (χ1) is 6.59. The quantitative estimate of drug-likeness (QED) is 0.806. The van der Waals surface area contributed by atoms with Gasteiger partial charge in [-0.3, -0.25) is 0 Å². The molecule has 14 heavy (non-hydrogen) atoms. The summed E-state index contributed by atoms with van der Waals surface area (Å²) in [4.78, 5) is 0. The largest absolute Gasteiger partial charge is 0.385 e. The summed E-state index contributed by atoms with van der Waals surface area (Å²) in [5, 5.41) is 4.08. The lowest BCUT2D eigenvalue weighted by Gasteiger charge is -2.09. The van der Waals surface area contributed by atoms with Crippen LogP contribution in [-0.2, 0) is 0 Å². The maximum atomic E-state index is 5.99. The first kappa shape index (κ1) is 11.3. The predicted molar refractivity (Wildman–Crippen MR) is 62.9 cm³/mol. The van der Waals surface area contributed by atoms with E-state index in [-0.39, 0.29) is 6.04 Å². The van der Waals surface area contributed by atoms with Crippen molar-refractivity contribution in [2.75, 3.05) is 11.9 Å². The molecule has 1 aromatic rings. The summed E-state index contributed by atoms with van der Waals surface area (Å²) in [6.07, 6.45) is 0.964. The summed E-state index contributed by atoms with van der Waals surface area (Å²) in [5.41, 5.74) is 7.80. The zero-order valence-corrected chi connectivity index (χ0v) is 9.43. The summed E-state index contributed by atoms with van der Waals surface area (Å²) in [6.45, 7) is 4.88. The maximum absolute atomic E-state index is 5.99. The number of nitrogens with one attached hydrogen (secondary N) is 1. The molecule has 1 atom stereocenters. The van der Waals surface area contributed by atoms with Crippen LogP contribution in [0.25, 0.3) is 0 Å². The molecule has 2 nitrogen and oxygen atoms in total. The number of anilines is 1. The number of rotatable bonds is 4. The van der Waals surface area contributed by atoms with Gasteiger partial charge in [-0.05, 0) is 38.0 Å². The van der Waals surface area contributed by atoms with E-state index in [0.717, 1.165) is 29.2 Å². The molecule has 0 saturated carbocycles. The predicted octanol–water partition coefficient (Wildman–Crippen LogP) is 2.80. The molecule has 0 aliphatic heterocycles. The summed E-state index contributed by atoms with van der Waals surface area (Å²) in [6, 6.07) is 6.22. The summed E-state index contributed by atoms with van der Waals surface area (Å²) in [7, 11) is 0. The van der Waals surface area contributed by atoms with E-state index >= 15 is 0 Å².